The smallest absolute Gasteiger partial charge is 0.267 e. The largest absolute Gasteiger partial charge is 0.493 e. The molecular weight excluding hydrogens is 434 g/mol. The number of benzene rings is 1. The highest BCUT2D eigenvalue weighted by Crippen LogP contribution is 2.51. The minimum Gasteiger partial charge on any atom is -0.493 e. The van der Waals surface area contributed by atoms with Gasteiger partial charge in [-0.3, -0.25) is 14.6 Å². The number of anilines is 1. The van der Waals surface area contributed by atoms with Crippen molar-refractivity contribution in [2.45, 2.75) is 37.9 Å². The predicted octanol–water partition coefficient (Wildman–Crippen LogP) is 3.25. The molecule has 32 heavy (non-hydrogen) atoms. The van der Waals surface area contributed by atoms with E-state index in [2.05, 4.69) is 10.3 Å². The number of amides is 2. The molecule has 4 atom stereocenters. The first-order valence-electron chi connectivity index (χ1n) is 9.55. The molecule has 3 rings (SSSR count). The Kier molecular flexibility index (Phi) is 6.40. The maximum Gasteiger partial charge on any atom is 0.267 e. The predicted molar refractivity (Wildman–Crippen MR) is 105 cm³/mol. The molecule has 0 radical (unpaired) electrons. The number of ether oxygens (including phenoxy) is 2. The van der Waals surface area contributed by atoms with E-state index < -0.39 is 59.2 Å². The van der Waals surface area contributed by atoms with E-state index in [0.717, 1.165) is 20.1 Å². The molecule has 0 saturated carbocycles. The van der Waals surface area contributed by atoms with Crippen molar-refractivity contribution in [2.75, 3.05) is 12.4 Å². The number of methoxy groups -OCH3 is 1. The standard InChI is InChI=1S/C21H21F4N3O4/c1-9-14(11-4-5-12(22)15(23)16(11)31-3)17(32-21(9,2)20(24)25)19(30)28-10-6-7-27-13(8-10)18(26)29/h4-9,14,17,20H,1-3H3,(H2,26,29)(H,27,28,30)/t9-,14+,17+,21+/m0/s1. The van der Waals surface area contributed by atoms with Gasteiger partial charge in [-0.05, 0) is 25.1 Å². The van der Waals surface area contributed by atoms with Gasteiger partial charge in [-0.15, -0.1) is 0 Å². The van der Waals surface area contributed by atoms with Gasteiger partial charge in [0.25, 0.3) is 18.2 Å². The van der Waals surface area contributed by atoms with Crippen molar-refractivity contribution in [2.24, 2.45) is 11.7 Å². The van der Waals surface area contributed by atoms with Gasteiger partial charge in [0.1, 0.15) is 17.4 Å². The van der Waals surface area contributed by atoms with Gasteiger partial charge in [-0.25, -0.2) is 13.2 Å². The van der Waals surface area contributed by atoms with Crippen LogP contribution in [0.5, 0.6) is 5.75 Å². The summed E-state index contributed by atoms with van der Waals surface area (Å²) >= 11 is 0. The molecular formula is C21H21F4N3O4. The van der Waals surface area contributed by atoms with Crippen LogP contribution in [0.2, 0.25) is 0 Å². The minimum atomic E-state index is -2.98. The second-order valence-electron chi connectivity index (χ2n) is 7.60. The molecule has 1 aliphatic rings. The first kappa shape index (κ1) is 23.5. The number of nitrogens with two attached hydrogens (primary N) is 1. The van der Waals surface area contributed by atoms with Crippen LogP contribution in [-0.4, -0.2) is 42.0 Å². The number of nitrogens with one attached hydrogen (secondary N) is 1. The monoisotopic (exact) mass is 455 g/mol. The summed E-state index contributed by atoms with van der Waals surface area (Å²) < 4.78 is 66.4. The normalized spacial score (nSPS) is 25.1. The zero-order valence-electron chi connectivity index (χ0n) is 17.4. The van der Waals surface area contributed by atoms with Gasteiger partial charge < -0.3 is 20.5 Å². The summed E-state index contributed by atoms with van der Waals surface area (Å²) in [6, 6.07) is 4.58. The fraction of sp³-hybridized carbons (Fsp3) is 0.381. The fourth-order valence-electron chi connectivity index (χ4n) is 3.85. The van der Waals surface area contributed by atoms with Gasteiger partial charge in [0.2, 0.25) is 5.82 Å². The van der Waals surface area contributed by atoms with Crippen LogP contribution in [0, 0.1) is 17.6 Å². The lowest BCUT2D eigenvalue weighted by molar-refractivity contribution is -0.151. The van der Waals surface area contributed by atoms with E-state index in [-0.39, 0.29) is 16.9 Å². The maximum absolute atomic E-state index is 14.3. The van der Waals surface area contributed by atoms with Crippen LogP contribution in [0.1, 0.15) is 35.8 Å². The summed E-state index contributed by atoms with van der Waals surface area (Å²) in [5.74, 6) is -6.75. The number of hydrogen-bond acceptors (Lipinski definition) is 5. The van der Waals surface area contributed by atoms with Gasteiger partial charge in [-0.2, -0.15) is 4.39 Å². The van der Waals surface area contributed by atoms with E-state index in [0.29, 0.717) is 0 Å². The van der Waals surface area contributed by atoms with Crippen LogP contribution >= 0.6 is 0 Å². The SMILES string of the molecule is COc1c([C@@H]2[C@H](C(=O)Nc3ccnc(C(N)=O)c3)O[C@@](C)(C(F)F)[C@H]2C)ccc(F)c1F. The quantitative estimate of drug-likeness (QED) is 0.651. The van der Waals surface area contributed by atoms with Gasteiger partial charge >= 0.3 is 0 Å². The van der Waals surface area contributed by atoms with Crippen molar-refractivity contribution in [3.63, 3.8) is 0 Å². The summed E-state index contributed by atoms with van der Waals surface area (Å²) in [6.07, 6.45) is -3.25. The van der Waals surface area contributed by atoms with E-state index in [4.69, 9.17) is 15.2 Å². The van der Waals surface area contributed by atoms with Crippen molar-refractivity contribution < 1.29 is 36.6 Å². The molecule has 0 aliphatic carbocycles. The average Bonchev–Trinajstić information content (AvgIpc) is 3.02. The molecule has 1 aliphatic heterocycles. The second kappa shape index (κ2) is 8.73. The van der Waals surface area contributed by atoms with Crippen molar-refractivity contribution in [3.05, 3.63) is 53.4 Å². The van der Waals surface area contributed by atoms with Gasteiger partial charge in [-0.1, -0.05) is 13.0 Å². The van der Waals surface area contributed by atoms with Crippen LogP contribution in [0.3, 0.4) is 0 Å². The van der Waals surface area contributed by atoms with Crippen molar-refractivity contribution >= 4 is 17.5 Å². The highest BCUT2D eigenvalue weighted by atomic mass is 19.3. The number of rotatable bonds is 6. The lowest BCUT2D eigenvalue weighted by atomic mass is 9.77. The molecule has 0 spiro atoms. The van der Waals surface area contributed by atoms with E-state index in [1.54, 1.807) is 0 Å². The molecule has 2 aromatic rings. The molecule has 1 aromatic carbocycles. The Bertz CT molecular complexity index is 1050. The van der Waals surface area contributed by atoms with E-state index in [9.17, 15) is 27.2 Å². The summed E-state index contributed by atoms with van der Waals surface area (Å²) in [5, 5.41) is 2.47. The fourth-order valence-corrected chi connectivity index (χ4v) is 3.85. The molecule has 1 fully saturated rings. The van der Waals surface area contributed by atoms with Crippen LogP contribution < -0.4 is 15.8 Å². The summed E-state index contributed by atoms with van der Waals surface area (Å²) in [5.41, 5.74) is 3.13. The van der Waals surface area contributed by atoms with Gasteiger partial charge in [0.05, 0.1) is 7.11 Å². The number of primary amides is 1. The molecule has 1 aromatic heterocycles. The van der Waals surface area contributed by atoms with Crippen LogP contribution in [0.15, 0.2) is 30.5 Å². The highest BCUT2D eigenvalue weighted by molar-refractivity contribution is 5.97. The third-order valence-corrected chi connectivity index (χ3v) is 5.77. The van der Waals surface area contributed by atoms with Crippen molar-refractivity contribution in [1.29, 1.82) is 0 Å². The lowest BCUT2D eigenvalue weighted by Gasteiger charge is -2.28. The van der Waals surface area contributed by atoms with Crippen molar-refractivity contribution in [1.82, 2.24) is 4.98 Å². The first-order valence-corrected chi connectivity index (χ1v) is 9.55. The molecule has 3 N–H and O–H groups in total. The Hall–Kier alpha value is -3.21. The number of nitrogens with zero attached hydrogens (tertiary/aromatic N) is 1. The molecule has 11 heteroatoms. The van der Waals surface area contributed by atoms with Gasteiger partial charge in [0, 0.05) is 29.3 Å². The molecule has 1 saturated heterocycles. The number of alkyl halides is 2. The number of pyridine rings is 1. The highest BCUT2D eigenvalue weighted by Gasteiger charge is 2.58. The van der Waals surface area contributed by atoms with E-state index >= 15 is 0 Å². The van der Waals surface area contributed by atoms with Crippen LogP contribution in [0.4, 0.5) is 23.2 Å². The van der Waals surface area contributed by atoms with Crippen molar-refractivity contribution in [3.8, 4) is 5.75 Å². The third kappa shape index (κ3) is 3.99. The number of halogens is 4. The third-order valence-electron chi connectivity index (χ3n) is 5.77. The zero-order chi connectivity index (χ0) is 23.8. The molecule has 172 valence electrons. The van der Waals surface area contributed by atoms with Crippen LogP contribution in [-0.2, 0) is 9.53 Å². The summed E-state index contributed by atoms with van der Waals surface area (Å²) in [6.45, 7) is 2.58. The number of hydrogen-bond donors (Lipinski definition) is 2. The molecule has 2 heterocycles. The number of carbonyl (C=O) groups is 2. The Balaban J connectivity index is 2.04. The Morgan fingerprint density at radius 2 is 1.97 bits per heavy atom. The molecule has 7 nitrogen and oxygen atoms in total. The Morgan fingerprint density at radius 3 is 2.56 bits per heavy atom. The van der Waals surface area contributed by atoms with Gasteiger partial charge in [0.15, 0.2) is 11.6 Å². The average molecular weight is 455 g/mol. The molecule has 0 bridgehead atoms. The summed E-state index contributed by atoms with van der Waals surface area (Å²) in [4.78, 5) is 28.1. The second-order valence-corrected chi connectivity index (χ2v) is 7.60. The zero-order valence-corrected chi connectivity index (χ0v) is 17.4. The Labute approximate surface area is 180 Å². The van der Waals surface area contributed by atoms with E-state index in [1.165, 1.54) is 31.3 Å². The summed E-state index contributed by atoms with van der Waals surface area (Å²) in [7, 11) is 1.10. The molecule has 0 unspecified atom stereocenters. The number of carbonyl (C=O) groups excluding carboxylic acids is 2. The number of aromatic nitrogens is 1. The van der Waals surface area contributed by atoms with E-state index in [1.807, 2.05) is 0 Å². The Morgan fingerprint density at radius 1 is 1.28 bits per heavy atom. The van der Waals surface area contributed by atoms with Crippen LogP contribution in [0.25, 0.3) is 0 Å². The lowest BCUT2D eigenvalue weighted by Crippen LogP contribution is -2.40. The molecule has 2 amide bonds. The maximum atomic E-state index is 14.3. The topological polar surface area (TPSA) is 104 Å². The minimum absolute atomic E-state index is 0.0102. The first-order chi connectivity index (χ1) is 15.0.